The monoisotopic (exact) mass is 224 g/mol. The number of allylic oxidation sites excluding steroid dienone is 3. The molecule has 0 spiro atoms. The van der Waals surface area contributed by atoms with Crippen LogP contribution < -0.4 is 4.90 Å². The highest BCUT2D eigenvalue weighted by Crippen LogP contribution is 2.24. The van der Waals surface area contributed by atoms with Gasteiger partial charge in [0.2, 0.25) is 0 Å². The van der Waals surface area contributed by atoms with Crippen molar-refractivity contribution in [3.8, 4) is 0 Å². The van der Waals surface area contributed by atoms with Gasteiger partial charge in [-0.25, -0.2) is 0 Å². The second-order valence-electron chi connectivity index (χ2n) is 4.48. The first-order chi connectivity index (χ1) is 8.33. The third kappa shape index (κ3) is 1.98. The zero-order chi connectivity index (χ0) is 11.7. The summed E-state index contributed by atoms with van der Waals surface area (Å²) in [4.78, 5) is 4.73. The van der Waals surface area contributed by atoms with Crippen molar-refractivity contribution in [2.75, 3.05) is 24.5 Å². The Balaban J connectivity index is 1.82. The van der Waals surface area contributed by atoms with E-state index in [0.717, 1.165) is 25.2 Å². The molecule has 0 bridgehead atoms. The largest absolute Gasteiger partial charge is 0.364 e. The van der Waals surface area contributed by atoms with Crippen LogP contribution >= 0.6 is 0 Å². The summed E-state index contributed by atoms with van der Waals surface area (Å²) in [6.45, 7) is 7.07. The minimum Gasteiger partial charge on any atom is -0.364 e. The predicted molar refractivity (Wildman–Crippen MR) is 71.7 cm³/mol. The molecule has 0 aliphatic carbocycles. The molecular formula is C15H16N2. The van der Waals surface area contributed by atoms with Gasteiger partial charge >= 0.3 is 0 Å². The lowest BCUT2D eigenvalue weighted by Gasteiger charge is -2.39. The molecule has 0 N–H and O–H groups in total. The number of hydrogen-bond donors (Lipinski definition) is 0. The SMILES string of the molecule is C=C1C=CN2CCN(c3ccccc3)CC2=C1. The summed E-state index contributed by atoms with van der Waals surface area (Å²) >= 11 is 0. The fourth-order valence-corrected chi connectivity index (χ4v) is 2.34. The first-order valence-corrected chi connectivity index (χ1v) is 5.97. The Hall–Kier alpha value is -1.96. The molecule has 0 aromatic heterocycles. The van der Waals surface area contributed by atoms with Gasteiger partial charge in [-0.3, -0.25) is 0 Å². The molecule has 1 aromatic rings. The predicted octanol–water partition coefficient (Wildman–Crippen LogP) is 2.78. The van der Waals surface area contributed by atoms with Crippen molar-refractivity contribution < 1.29 is 0 Å². The second-order valence-corrected chi connectivity index (χ2v) is 4.48. The minimum atomic E-state index is 0.966. The molecule has 0 saturated carbocycles. The number of nitrogens with zero attached hydrogens (tertiary/aromatic N) is 2. The molecule has 2 aliphatic rings. The lowest BCUT2D eigenvalue weighted by atomic mass is 10.1. The number of fused-ring (bicyclic) bond motifs is 1. The van der Waals surface area contributed by atoms with Crippen LogP contribution in [0.25, 0.3) is 0 Å². The van der Waals surface area contributed by atoms with Crippen LogP contribution in [-0.2, 0) is 0 Å². The Bertz CT molecular complexity index is 485. The molecule has 0 radical (unpaired) electrons. The maximum Gasteiger partial charge on any atom is 0.0582 e. The number of piperazine rings is 1. The van der Waals surface area contributed by atoms with E-state index in [1.165, 1.54) is 11.4 Å². The summed E-state index contributed by atoms with van der Waals surface area (Å²) in [5.41, 5.74) is 3.73. The van der Waals surface area contributed by atoms with Gasteiger partial charge in [0.05, 0.1) is 6.54 Å². The fraction of sp³-hybridized carbons (Fsp3) is 0.200. The lowest BCUT2D eigenvalue weighted by Crippen LogP contribution is -2.43. The Morgan fingerprint density at radius 1 is 1.06 bits per heavy atom. The maximum absolute atomic E-state index is 3.99. The summed E-state index contributed by atoms with van der Waals surface area (Å²) in [7, 11) is 0. The smallest absolute Gasteiger partial charge is 0.0582 e. The first kappa shape index (κ1) is 10.2. The standard InChI is InChI=1S/C15H16N2/c1-13-7-8-16-9-10-17(12-15(16)11-13)14-5-3-2-4-6-14/h2-8,11H,1,9-10,12H2. The van der Waals surface area contributed by atoms with Gasteiger partial charge < -0.3 is 9.80 Å². The molecule has 86 valence electrons. The molecule has 0 amide bonds. The average Bonchev–Trinajstić information content (AvgIpc) is 2.39. The van der Waals surface area contributed by atoms with Crippen molar-refractivity contribution >= 4 is 5.69 Å². The summed E-state index contributed by atoms with van der Waals surface area (Å²) in [5, 5.41) is 0. The van der Waals surface area contributed by atoms with Gasteiger partial charge in [-0.15, -0.1) is 0 Å². The molecule has 2 aliphatic heterocycles. The van der Waals surface area contributed by atoms with Crippen LogP contribution in [0, 0.1) is 0 Å². The molecular weight excluding hydrogens is 208 g/mol. The van der Waals surface area contributed by atoms with Gasteiger partial charge in [0.25, 0.3) is 0 Å². The molecule has 1 fully saturated rings. The molecule has 2 heterocycles. The zero-order valence-electron chi connectivity index (χ0n) is 9.84. The minimum absolute atomic E-state index is 0.966. The molecule has 1 aromatic carbocycles. The van der Waals surface area contributed by atoms with E-state index in [1.54, 1.807) is 0 Å². The number of para-hydroxylation sites is 1. The van der Waals surface area contributed by atoms with Crippen LogP contribution in [-0.4, -0.2) is 24.5 Å². The van der Waals surface area contributed by atoms with Crippen LogP contribution in [0.1, 0.15) is 0 Å². The van der Waals surface area contributed by atoms with Crippen molar-refractivity contribution in [3.63, 3.8) is 0 Å². The van der Waals surface area contributed by atoms with Gasteiger partial charge in [0.15, 0.2) is 0 Å². The van der Waals surface area contributed by atoms with Crippen LogP contribution in [0.5, 0.6) is 0 Å². The normalized spacial score (nSPS) is 19.1. The van der Waals surface area contributed by atoms with E-state index in [4.69, 9.17) is 0 Å². The third-order valence-corrected chi connectivity index (χ3v) is 3.27. The average molecular weight is 224 g/mol. The number of rotatable bonds is 1. The summed E-state index contributed by atoms with van der Waals surface area (Å²) in [6, 6.07) is 10.6. The Morgan fingerprint density at radius 3 is 2.71 bits per heavy atom. The van der Waals surface area contributed by atoms with Crippen molar-refractivity contribution in [2.45, 2.75) is 0 Å². The highest BCUT2D eigenvalue weighted by Gasteiger charge is 2.20. The van der Waals surface area contributed by atoms with Crippen molar-refractivity contribution in [1.29, 1.82) is 0 Å². The van der Waals surface area contributed by atoms with Gasteiger partial charge in [-0.2, -0.15) is 0 Å². The molecule has 2 heteroatoms. The summed E-state index contributed by atoms with van der Waals surface area (Å²) in [5.74, 6) is 0. The highest BCUT2D eigenvalue weighted by atomic mass is 15.3. The number of hydrogen-bond acceptors (Lipinski definition) is 2. The Kier molecular flexibility index (Phi) is 2.48. The second kappa shape index (κ2) is 4.13. The van der Waals surface area contributed by atoms with Gasteiger partial charge in [-0.1, -0.05) is 24.8 Å². The van der Waals surface area contributed by atoms with Crippen LogP contribution in [0.4, 0.5) is 5.69 Å². The quantitative estimate of drug-likeness (QED) is 0.723. The molecule has 2 nitrogen and oxygen atoms in total. The van der Waals surface area contributed by atoms with E-state index in [-0.39, 0.29) is 0 Å². The zero-order valence-corrected chi connectivity index (χ0v) is 9.84. The number of anilines is 1. The summed E-state index contributed by atoms with van der Waals surface area (Å²) in [6.07, 6.45) is 6.39. The van der Waals surface area contributed by atoms with Gasteiger partial charge in [-0.05, 0) is 29.9 Å². The van der Waals surface area contributed by atoms with Gasteiger partial charge in [0, 0.05) is 30.7 Å². The molecule has 0 atom stereocenters. The topological polar surface area (TPSA) is 6.48 Å². The maximum atomic E-state index is 3.99. The number of benzene rings is 1. The van der Waals surface area contributed by atoms with E-state index in [1.807, 2.05) is 0 Å². The lowest BCUT2D eigenvalue weighted by molar-refractivity contribution is 0.416. The van der Waals surface area contributed by atoms with Crippen molar-refractivity contribution in [2.24, 2.45) is 0 Å². The van der Waals surface area contributed by atoms with Crippen molar-refractivity contribution in [1.82, 2.24) is 4.90 Å². The van der Waals surface area contributed by atoms with E-state index in [2.05, 4.69) is 65.1 Å². The van der Waals surface area contributed by atoms with Gasteiger partial charge in [0.1, 0.15) is 0 Å². The van der Waals surface area contributed by atoms with E-state index in [0.29, 0.717) is 0 Å². The van der Waals surface area contributed by atoms with E-state index >= 15 is 0 Å². The molecule has 3 rings (SSSR count). The Morgan fingerprint density at radius 2 is 1.88 bits per heavy atom. The molecule has 1 saturated heterocycles. The van der Waals surface area contributed by atoms with Crippen LogP contribution in [0.3, 0.4) is 0 Å². The fourth-order valence-electron chi connectivity index (χ4n) is 2.34. The first-order valence-electron chi connectivity index (χ1n) is 5.97. The van der Waals surface area contributed by atoms with Crippen LogP contribution in [0.15, 0.2) is 66.5 Å². The van der Waals surface area contributed by atoms with E-state index < -0.39 is 0 Å². The van der Waals surface area contributed by atoms with Crippen LogP contribution in [0.2, 0.25) is 0 Å². The Labute approximate surface area is 102 Å². The summed E-state index contributed by atoms with van der Waals surface area (Å²) < 4.78 is 0. The molecule has 17 heavy (non-hydrogen) atoms. The van der Waals surface area contributed by atoms with Crippen molar-refractivity contribution in [3.05, 3.63) is 66.5 Å². The molecule has 0 unspecified atom stereocenters. The third-order valence-electron chi connectivity index (χ3n) is 3.27. The van der Waals surface area contributed by atoms with E-state index in [9.17, 15) is 0 Å². The highest BCUT2D eigenvalue weighted by molar-refractivity contribution is 5.49.